The lowest BCUT2D eigenvalue weighted by Crippen LogP contribution is -2.13. The second kappa shape index (κ2) is 7.33. The van der Waals surface area contributed by atoms with Gasteiger partial charge in [0.2, 0.25) is 5.89 Å². The van der Waals surface area contributed by atoms with Crippen LogP contribution in [-0.2, 0) is 0 Å². The Morgan fingerprint density at radius 1 is 0.867 bits per heavy atom. The van der Waals surface area contributed by atoms with E-state index in [-0.39, 0.29) is 5.91 Å². The van der Waals surface area contributed by atoms with Crippen LogP contribution in [0.2, 0.25) is 0 Å². The standard InChI is InChI=1S/C24H17N3O3/c1-15-21(22(27-30-15)16-7-3-2-4-8-16)23(28)25-18-13-11-17(12-14-18)24-26-19-9-5-6-10-20(19)29-24/h2-14H,1H3,(H,25,28). The van der Waals surface area contributed by atoms with Crippen LogP contribution in [0.15, 0.2) is 87.8 Å². The Morgan fingerprint density at radius 2 is 1.60 bits per heavy atom. The number of benzene rings is 3. The lowest BCUT2D eigenvalue weighted by atomic mass is 10.1. The van der Waals surface area contributed by atoms with Crippen molar-refractivity contribution in [2.24, 2.45) is 0 Å². The fourth-order valence-corrected chi connectivity index (χ4v) is 3.32. The van der Waals surface area contributed by atoms with E-state index in [9.17, 15) is 4.79 Å². The maximum Gasteiger partial charge on any atom is 0.261 e. The molecule has 1 N–H and O–H groups in total. The number of fused-ring (bicyclic) bond motifs is 1. The van der Waals surface area contributed by atoms with E-state index in [2.05, 4.69) is 15.5 Å². The van der Waals surface area contributed by atoms with Crippen molar-refractivity contribution in [2.45, 2.75) is 6.92 Å². The van der Waals surface area contributed by atoms with E-state index < -0.39 is 0 Å². The third-order valence-electron chi connectivity index (χ3n) is 4.82. The molecular formula is C24H17N3O3. The van der Waals surface area contributed by atoms with E-state index in [4.69, 9.17) is 8.94 Å². The number of oxazole rings is 1. The molecule has 2 aromatic heterocycles. The minimum Gasteiger partial charge on any atom is -0.436 e. The molecule has 6 heteroatoms. The molecule has 0 spiro atoms. The molecule has 0 aliphatic rings. The van der Waals surface area contributed by atoms with Crippen LogP contribution in [0.4, 0.5) is 5.69 Å². The number of rotatable bonds is 4. The summed E-state index contributed by atoms with van der Waals surface area (Å²) in [6.07, 6.45) is 0. The van der Waals surface area contributed by atoms with Crippen molar-refractivity contribution in [3.63, 3.8) is 0 Å². The molecule has 0 radical (unpaired) electrons. The first-order chi connectivity index (χ1) is 14.7. The van der Waals surface area contributed by atoms with E-state index in [1.165, 1.54) is 0 Å². The Morgan fingerprint density at radius 3 is 2.37 bits per heavy atom. The van der Waals surface area contributed by atoms with E-state index in [0.717, 1.165) is 22.2 Å². The van der Waals surface area contributed by atoms with Gasteiger partial charge in [0.15, 0.2) is 5.58 Å². The molecule has 0 unspecified atom stereocenters. The van der Waals surface area contributed by atoms with Crippen LogP contribution >= 0.6 is 0 Å². The Hall–Kier alpha value is -4.19. The lowest BCUT2D eigenvalue weighted by Gasteiger charge is -2.06. The first kappa shape index (κ1) is 17.9. The predicted molar refractivity (Wildman–Crippen MR) is 114 cm³/mol. The van der Waals surface area contributed by atoms with Crippen LogP contribution in [0, 0.1) is 6.92 Å². The van der Waals surface area contributed by atoms with Crippen LogP contribution in [0.5, 0.6) is 0 Å². The zero-order valence-electron chi connectivity index (χ0n) is 16.1. The van der Waals surface area contributed by atoms with Crippen molar-refractivity contribution in [1.82, 2.24) is 10.1 Å². The van der Waals surface area contributed by atoms with Gasteiger partial charge in [-0.15, -0.1) is 0 Å². The molecule has 5 aromatic rings. The monoisotopic (exact) mass is 395 g/mol. The van der Waals surface area contributed by atoms with Gasteiger partial charge in [-0.25, -0.2) is 4.98 Å². The van der Waals surface area contributed by atoms with E-state index in [0.29, 0.717) is 28.6 Å². The number of amides is 1. The van der Waals surface area contributed by atoms with Crippen LogP contribution < -0.4 is 5.32 Å². The number of aryl methyl sites for hydroxylation is 1. The second-order valence-electron chi connectivity index (χ2n) is 6.85. The molecule has 0 saturated carbocycles. The number of para-hydroxylation sites is 2. The Labute approximate surface area is 172 Å². The molecule has 146 valence electrons. The minimum atomic E-state index is -0.276. The Bertz CT molecular complexity index is 1300. The number of hydrogen-bond donors (Lipinski definition) is 1. The van der Waals surface area contributed by atoms with Gasteiger partial charge in [-0.3, -0.25) is 4.79 Å². The third-order valence-corrected chi connectivity index (χ3v) is 4.82. The molecule has 1 amide bonds. The van der Waals surface area contributed by atoms with Crippen molar-refractivity contribution in [1.29, 1.82) is 0 Å². The maximum absolute atomic E-state index is 12.9. The highest BCUT2D eigenvalue weighted by molar-refractivity contribution is 6.08. The largest absolute Gasteiger partial charge is 0.436 e. The fraction of sp³-hybridized carbons (Fsp3) is 0.0417. The summed E-state index contributed by atoms with van der Waals surface area (Å²) in [7, 11) is 0. The number of carbonyl (C=O) groups is 1. The number of nitrogens with zero attached hydrogens (tertiary/aromatic N) is 2. The maximum atomic E-state index is 12.9. The van der Waals surface area contributed by atoms with Gasteiger partial charge in [0.1, 0.15) is 22.5 Å². The predicted octanol–water partition coefficient (Wildman–Crippen LogP) is 5.71. The van der Waals surface area contributed by atoms with E-state index in [1.807, 2.05) is 78.9 Å². The number of nitrogens with one attached hydrogen (secondary N) is 1. The number of carbonyl (C=O) groups excluding carboxylic acids is 1. The minimum absolute atomic E-state index is 0.276. The zero-order valence-corrected chi connectivity index (χ0v) is 16.1. The molecule has 0 fully saturated rings. The topological polar surface area (TPSA) is 81.2 Å². The fourth-order valence-electron chi connectivity index (χ4n) is 3.32. The molecule has 2 heterocycles. The lowest BCUT2D eigenvalue weighted by molar-refractivity contribution is 0.102. The summed E-state index contributed by atoms with van der Waals surface area (Å²) in [5.74, 6) is 0.729. The summed E-state index contributed by atoms with van der Waals surface area (Å²) in [5, 5.41) is 6.98. The summed E-state index contributed by atoms with van der Waals surface area (Å²) in [5.41, 5.74) is 4.79. The van der Waals surface area contributed by atoms with Crippen molar-refractivity contribution in [3.8, 4) is 22.7 Å². The SMILES string of the molecule is Cc1onc(-c2ccccc2)c1C(=O)Nc1ccc(-c2nc3ccccc3o2)cc1. The Balaban J connectivity index is 1.39. The van der Waals surface area contributed by atoms with Crippen molar-refractivity contribution in [2.75, 3.05) is 5.32 Å². The van der Waals surface area contributed by atoms with Gasteiger partial charge in [0.25, 0.3) is 5.91 Å². The number of anilines is 1. The molecule has 6 nitrogen and oxygen atoms in total. The van der Waals surface area contributed by atoms with Gasteiger partial charge in [-0.2, -0.15) is 0 Å². The van der Waals surface area contributed by atoms with E-state index >= 15 is 0 Å². The molecule has 3 aromatic carbocycles. The van der Waals surface area contributed by atoms with Crippen LogP contribution in [0.1, 0.15) is 16.1 Å². The highest BCUT2D eigenvalue weighted by Gasteiger charge is 2.21. The van der Waals surface area contributed by atoms with Gasteiger partial charge in [0, 0.05) is 16.8 Å². The highest BCUT2D eigenvalue weighted by Crippen LogP contribution is 2.28. The van der Waals surface area contributed by atoms with Crippen molar-refractivity contribution < 1.29 is 13.7 Å². The molecule has 30 heavy (non-hydrogen) atoms. The van der Waals surface area contributed by atoms with Crippen LogP contribution in [0.3, 0.4) is 0 Å². The number of hydrogen-bond acceptors (Lipinski definition) is 5. The van der Waals surface area contributed by atoms with Crippen LogP contribution in [-0.4, -0.2) is 16.0 Å². The molecule has 0 aliphatic heterocycles. The smallest absolute Gasteiger partial charge is 0.261 e. The van der Waals surface area contributed by atoms with Crippen LogP contribution in [0.25, 0.3) is 33.8 Å². The summed E-state index contributed by atoms with van der Waals surface area (Å²) in [4.78, 5) is 17.4. The van der Waals surface area contributed by atoms with Gasteiger partial charge in [0.05, 0.1) is 0 Å². The van der Waals surface area contributed by atoms with Gasteiger partial charge < -0.3 is 14.3 Å². The molecule has 0 saturated heterocycles. The highest BCUT2D eigenvalue weighted by atomic mass is 16.5. The van der Waals surface area contributed by atoms with Crippen molar-refractivity contribution in [3.05, 3.63) is 90.2 Å². The average Bonchev–Trinajstić information content (AvgIpc) is 3.38. The first-order valence-corrected chi connectivity index (χ1v) is 9.48. The summed E-state index contributed by atoms with van der Waals surface area (Å²) < 4.78 is 11.1. The second-order valence-corrected chi connectivity index (χ2v) is 6.85. The summed E-state index contributed by atoms with van der Waals surface area (Å²) >= 11 is 0. The molecule has 0 aliphatic carbocycles. The number of aromatic nitrogens is 2. The Kier molecular flexibility index (Phi) is 4.37. The van der Waals surface area contributed by atoms with Gasteiger partial charge in [-0.05, 0) is 43.3 Å². The normalized spacial score (nSPS) is 11.0. The quantitative estimate of drug-likeness (QED) is 0.421. The first-order valence-electron chi connectivity index (χ1n) is 9.48. The van der Waals surface area contributed by atoms with Gasteiger partial charge >= 0.3 is 0 Å². The molecular weight excluding hydrogens is 378 g/mol. The summed E-state index contributed by atoms with van der Waals surface area (Å²) in [6, 6.07) is 24.4. The third kappa shape index (κ3) is 3.24. The molecule has 5 rings (SSSR count). The van der Waals surface area contributed by atoms with E-state index in [1.54, 1.807) is 6.92 Å². The molecule has 0 bridgehead atoms. The average molecular weight is 395 g/mol. The van der Waals surface area contributed by atoms with Gasteiger partial charge in [-0.1, -0.05) is 47.6 Å². The summed E-state index contributed by atoms with van der Waals surface area (Å²) in [6.45, 7) is 1.73. The van der Waals surface area contributed by atoms with Crippen molar-refractivity contribution >= 4 is 22.7 Å². The molecule has 0 atom stereocenters. The zero-order chi connectivity index (χ0) is 20.5.